The molecule has 0 aliphatic heterocycles. The van der Waals surface area contributed by atoms with Crippen LogP contribution in [0.3, 0.4) is 0 Å². The van der Waals surface area contributed by atoms with Gasteiger partial charge in [-0.2, -0.15) is 5.10 Å². The van der Waals surface area contributed by atoms with Gasteiger partial charge in [-0.25, -0.2) is 4.98 Å². The van der Waals surface area contributed by atoms with Gasteiger partial charge in [-0.15, -0.1) is 0 Å². The Morgan fingerprint density at radius 2 is 1.92 bits per heavy atom. The Morgan fingerprint density at radius 1 is 1.12 bits per heavy atom. The van der Waals surface area contributed by atoms with Crippen LogP contribution in [0.5, 0.6) is 5.75 Å². The molecule has 0 amide bonds. The molecule has 0 fully saturated rings. The third-order valence-corrected chi connectivity index (χ3v) is 4.23. The van der Waals surface area contributed by atoms with Crippen molar-refractivity contribution in [1.29, 1.82) is 0 Å². The second-order valence-corrected chi connectivity index (χ2v) is 6.38. The van der Waals surface area contributed by atoms with Crippen molar-refractivity contribution >= 4 is 23.2 Å². The molecule has 0 radical (unpaired) electrons. The van der Waals surface area contributed by atoms with Gasteiger partial charge in [0, 0.05) is 18.0 Å². The van der Waals surface area contributed by atoms with Crippen LogP contribution < -0.4 is 4.74 Å². The number of aryl methyl sites for hydroxylation is 2. The van der Waals surface area contributed by atoms with Crippen LogP contribution in [0.15, 0.2) is 55.1 Å². The van der Waals surface area contributed by atoms with Crippen molar-refractivity contribution in [3.8, 4) is 5.75 Å². The van der Waals surface area contributed by atoms with E-state index in [1.165, 1.54) is 11.9 Å². The maximum absolute atomic E-state index is 6.25. The summed E-state index contributed by atoms with van der Waals surface area (Å²) >= 11 is 12.2. The number of aromatic nitrogens is 3. The predicted molar refractivity (Wildman–Crippen MR) is 95.6 cm³/mol. The summed E-state index contributed by atoms with van der Waals surface area (Å²) < 4.78 is 7.96. The second kappa shape index (κ2) is 7.69. The average molecular weight is 362 g/mol. The molecule has 0 aliphatic carbocycles. The number of nitrogens with zero attached hydrogens (tertiary/aromatic N) is 3. The van der Waals surface area contributed by atoms with E-state index < -0.39 is 0 Å². The number of benzene rings is 2. The van der Waals surface area contributed by atoms with E-state index in [9.17, 15) is 0 Å². The van der Waals surface area contributed by atoms with Crippen LogP contribution >= 0.6 is 23.2 Å². The van der Waals surface area contributed by atoms with Crippen molar-refractivity contribution in [2.45, 2.75) is 26.0 Å². The standard InChI is InChI=1S/C18H17Cl2N3O/c1-13-2-4-14(5-3-13)17(8-9-23-12-21-11-22-23)24-18-7-6-15(19)10-16(18)20/h2-7,10-12,17H,8-9H2,1H3/t17-/m1/s1. The van der Waals surface area contributed by atoms with Gasteiger partial charge in [-0.3, -0.25) is 4.68 Å². The van der Waals surface area contributed by atoms with Crippen LogP contribution in [0, 0.1) is 6.92 Å². The molecule has 0 N–H and O–H groups in total. The van der Waals surface area contributed by atoms with E-state index in [1.807, 2.05) is 0 Å². The molecule has 6 heteroatoms. The maximum atomic E-state index is 6.25. The van der Waals surface area contributed by atoms with Crippen molar-refractivity contribution in [3.63, 3.8) is 0 Å². The van der Waals surface area contributed by atoms with Crippen LogP contribution in [0.25, 0.3) is 0 Å². The normalized spacial score (nSPS) is 12.1. The third-order valence-electron chi connectivity index (χ3n) is 3.70. The van der Waals surface area contributed by atoms with E-state index in [4.69, 9.17) is 27.9 Å². The highest BCUT2D eigenvalue weighted by atomic mass is 35.5. The summed E-state index contributed by atoms with van der Waals surface area (Å²) in [5.41, 5.74) is 2.30. The van der Waals surface area contributed by atoms with Crippen LogP contribution in [-0.4, -0.2) is 14.8 Å². The van der Waals surface area contributed by atoms with Crippen LogP contribution in [0.4, 0.5) is 0 Å². The molecule has 2 aromatic carbocycles. The lowest BCUT2D eigenvalue weighted by molar-refractivity contribution is 0.186. The van der Waals surface area contributed by atoms with Crippen molar-refractivity contribution in [2.24, 2.45) is 0 Å². The summed E-state index contributed by atoms with van der Waals surface area (Å²) in [6.07, 6.45) is 3.82. The molecule has 0 bridgehead atoms. The van der Waals surface area contributed by atoms with Gasteiger partial charge in [0.25, 0.3) is 0 Å². The molecule has 124 valence electrons. The summed E-state index contributed by atoms with van der Waals surface area (Å²) in [7, 11) is 0. The number of hydrogen-bond donors (Lipinski definition) is 0. The highest BCUT2D eigenvalue weighted by Gasteiger charge is 2.16. The van der Waals surface area contributed by atoms with Gasteiger partial charge in [-0.05, 0) is 30.7 Å². The van der Waals surface area contributed by atoms with Crippen LogP contribution in [0.2, 0.25) is 10.0 Å². The van der Waals surface area contributed by atoms with Gasteiger partial charge in [0.2, 0.25) is 0 Å². The van der Waals surface area contributed by atoms with E-state index in [-0.39, 0.29) is 6.10 Å². The molecular weight excluding hydrogens is 345 g/mol. The van der Waals surface area contributed by atoms with Crippen LogP contribution in [0.1, 0.15) is 23.7 Å². The Labute approximate surface area is 151 Å². The first-order chi connectivity index (χ1) is 11.6. The Morgan fingerprint density at radius 3 is 2.58 bits per heavy atom. The lowest BCUT2D eigenvalue weighted by Crippen LogP contribution is -2.12. The summed E-state index contributed by atoms with van der Waals surface area (Å²) in [5, 5.41) is 5.22. The number of ether oxygens (including phenoxy) is 1. The van der Waals surface area contributed by atoms with E-state index in [2.05, 4.69) is 41.3 Å². The molecular formula is C18H17Cl2N3O. The third kappa shape index (κ3) is 4.28. The van der Waals surface area contributed by atoms with Gasteiger partial charge in [-0.1, -0.05) is 53.0 Å². The Hall–Kier alpha value is -2.04. The first-order valence-corrected chi connectivity index (χ1v) is 8.38. The van der Waals surface area contributed by atoms with Crippen molar-refractivity contribution in [1.82, 2.24) is 14.8 Å². The largest absolute Gasteiger partial charge is 0.484 e. The van der Waals surface area contributed by atoms with Crippen LogP contribution in [-0.2, 0) is 6.54 Å². The summed E-state index contributed by atoms with van der Waals surface area (Å²) in [4.78, 5) is 3.97. The molecule has 0 saturated heterocycles. The predicted octanol–water partition coefficient (Wildman–Crippen LogP) is 5.10. The van der Waals surface area contributed by atoms with Gasteiger partial charge in [0.15, 0.2) is 0 Å². The van der Waals surface area contributed by atoms with Gasteiger partial charge >= 0.3 is 0 Å². The number of halogens is 2. The van der Waals surface area contributed by atoms with Crippen molar-refractivity contribution in [3.05, 3.63) is 76.3 Å². The summed E-state index contributed by atoms with van der Waals surface area (Å²) in [6, 6.07) is 13.5. The SMILES string of the molecule is Cc1ccc([C@@H](CCn2cncn2)Oc2ccc(Cl)cc2Cl)cc1. The second-order valence-electron chi connectivity index (χ2n) is 5.54. The monoisotopic (exact) mass is 361 g/mol. The van der Waals surface area contributed by atoms with Gasteiger partial charge in [0.1, 0.15) is 24.5 Å². The molecule has 1 aromatic heterocycles. The van der Waals surface area contributed by atoms with E-state index in [0.29, 0.717) is 22.3 Å². The fourth-order valence-electron chi connectivity index (χ4n) is 2.40. The molecule has 1 atom stereocenters. The van der Waals surface area contributed by atoms with Gasteiger partial charge < -0.3 is 4.74 Å². The zero-order valence-electron chi connectivity index (χ0n) is 13.2. The molecule has 3 rings (SSSR count). The van der Waals surface area contributed by atoms with E-state index in [0.717, 1.165) is 12.0 Å². The van der Waals surface area contributed by atoms with E-state index in [1.54, 1.807) is 29.2 Å². The number of rotatable bonds is 6. The first-order valence-electron chi connectivity index (χ1n) is 7.62. The summed E-state index contributed by atoms with van der Waals surface area (Å²) in [6.45, 7) is 2.76. The fourth-order valence-corrected chi connectivity index (χ4v) is 2.85. The Bertz CT molecular complexity index is 789. The first kappa shape index (κ1) is 16.8. The van der Waals surface area contributed by atoms with Gasteiger partial charge in [0.05, 0.1) is 5.02 Å². The minimum Gasteiger partial charge on any atom is -0.484 e. The highest BCUT2D eigenvalue weighted by molar-refractivity contribution is 6.35. The van der Waals surface area contributed by atoms with Crippen molar-refractivity contribution in [2.75, 3.05) is 0 Å². The molecule has 0 aliphatic rings. The minimum absolute atomic E-state index is 0.145. The topological polar surface area (TPSA) is 39.9 Å². The Kier molecular flexibility index (Phi) is 5.38. The fraction of sp³-hybridized carbons (Fsp3) is 0.222. The molecule has 4 nitrogen and oxygen atoms in total. The summed E-state index contributed by atoms with van der Waals surface area (Å²) in [5.74, 6) is 0.616. The molecule has 3 aromatic rings. The average Bonchev–Trinajstić information content (AvgIpc) is 3.08. The smallest absolute Gasteiger partial charge is 0.138 e. The minimum atomic E-state index is -0.145. The zero-order valence-corrected chi connectivity index (χ0v) is 14.7. The lowest BCUT2D eigenvalue weighted by Gasteiger charge is -2.20. The molecule has 0 unspecified atom stereocenters. The Balaban J connectivity index is 1.81. The molecule has 0 spiro atoms. The van der Waals surface area contributed by atoms with E-state index >= 15 is 0 Å². The number of hydrogen-bond acceptors (Lipinski definition) is 3. The zero-order chi connectivity index (χ0) is 16.9. The maximum Gasteiger partial charge on any atom is 0.138 e. The van der Waals surface area contributed by atoms with Crippen molar-refractivity contribution < 1.29 is 4.74 Å². The lowest BCUT2D eigenvalue weighted by atomic mass is 10.0. The molecule has 0 saturated carbocycles. The quantitative estimate of drug-likeness (QED) is 0.612. The molecule has 24 heavy (non-hydrogen) atoms. The highest BCUT2D eigenvalue weighted by Crippen LogP contribution is 2.33. The molecule has 1 heterocycles.